The first-order valence-electron chi connectivity index (χ1n) is 6.33. The minimum atomic E-state index is -2.74. The Hall–Kier alpha value is -2.28. The van der Waals surface area contributed by atoms with Gasteiger partial charge < -0.3 is 15.0 Å². The molecule has 0 fully saturated rings. The van der Waals surface area contributed by atoms with Gasteiger partial charge in [-0.3, -0.25) is 9.59 Å². The van der Waals surface area contributed by atoms with E-state index in [-0.39, 0.29) is 12.1 Å². The maximum Gasteiger partial charge on any atom is 0.259 e. The fourth-order valence-electron chi connectivity index (χ4n) is 2.06. The number of aliphatic hydroxyl groups excluding tert-OH is 1. The lowest BCUT2D eigenvalue weighted by Crippen LogP contribution is -2.39. The Morgan fingerprint density at radius 1 is 1.33 bits per heavy atom. The first-order chi connectivity index (χ1) is 10.0. The van der Waals surface area contributed by atoms with Crippen molar-refractivity contribution in [2.45, 2.75) is 6.43 Å². The van der Waals surface area contributed by atoms with Crippen LogP contribution in [0, 0.1) is 0 Å². The van der Waals surface area contributed by atoms with Crippen LogP contribution < -0.4 is 5.43 Å². The average molecular weight is 296 g/mol. The molecule has 0 aliphatic rings. The third-order valence-corrected chi connectivity index (χ3v) is 3.03. The molecule has 0 spiro atoms. The number of pyridine rings is 1. The number of para-hydroxylation sites is 1. The van der Waals surface area contributed by atoms with E-state index in [0.29, 0.717) is 10.9 Å². The summed E-state index contributed by atoms with van der Waals surface area (Å²) < 4.78 is 25.0. The fraction of sp³-hybridized carbons (Fsp3) is 0.286. The van der Waals surface area contributed by atoms with Crippen LogP contribution in [-0.2, 0) is 0 Å². The van der Waals surface area contributed by atoms with Crippen LogP contribution in [0.15, 0.2) is 35.3 Å². The van der Waals surface area contributed by atoms with E-state index in [1.165, 1.54) is 6.20 Å². The minimum absolute atomic E-state index is 0.220. The number of carbonyl (C=O) groups is 1. The highest BCUT2D eigenvalue weighted by atomic mass is 19.3. The van der Waals surface area contributed by atoms with Crippen molar-refractivity contribution in [3.63, 3.8) is 0 Å². The average Bonchev–Trinajstić information content (AvgIpc) is 2.46. The molecule has 0 aliphatic heterocycles. The first kappa shape index (κ1) is 15.1. The largest absolute Gasteiger partial charge is 0.395 e. The number of fused-ring (bicyclic) bond motifs is 1. The summed E-state index contributed by atoms with van der Waals surface area (Å²) in [5.74, 6) is -0.823. The zero-order valence-electron chi connectivity index (χ0n) is 11.1. The number of amides is 1. The lowest BCUT2D eigenvalue weighted by atomic mass is 10.1. The maximum absolute atomic E-state index is 12.5. The number of carbonyl (C=O) groups excluding carboxylic acids is 1. The van der Waals surface area contributed by atoms with Gasteiger partial charge in [0.15, 0.2) is 0 Å². The van der Waals surface area contributed by atoms with Crippen LogP contribution in [0.3, 0.4) is 0 Å². The van der Waals surface area contributed by atoms with Crippen molar-refractivity contribution >= 4 is 16.8 Å². The zero-order chi connectivity index (χ0) is 15.4. The van der Waals surface area contributed by atoms with Gasteiger partial charge in [-0.15, -0.1) is 0 Å². The number of nitrogens with zero attached hydrogens (tertiary/aromatic N) is 1. The minimum Gasteiger partial charge on any atom is -0.395 e. The van der Waals surface area contributed by atoms with E-state index in [1.807, 2.05) is 0 Å². The number of H-pyrrole nitrogens is 1. The molecular formula is C14H14F2N2O3. The third kappa shape index (κ3) is 3.25. The summed E-state index contributed by atoms with van der Waals surface area (Å²) in [5.41, 5.74) is -0.184. The van der Waals surface area contributed by atoms with Gasteiger partial charge in [0, 0.05) is 23.6 Å². The van der Waals surface area contributed by atoms with Crippen molar-refractivity contribution in [3.8, 4) is 0 Å². The summed E-state index contributed by atoms with van der Waals surface area (Å²) in [5, 5.41) is 9.17. The van der Waals surface area contributed by atoms with Crippen LogP contribution >= 0.6 is 0 Å². The highest BCUT2D eigenvalue weighted by Crippen LogP contribution is 2.09. The fourth-order valence-corrected chi connectivity index (χ4v) is 2.06. The molecule has 0 radical (unpaired) electrons. The zero-order valence-corrected chi connectivity index (χ0v) is 11.1. The summed E-state index contributed by atoms with van der Waals surface area (Å²) in [6.45, 7) is -1.54. The summed E-state index contributed by atoms with van der Waals surface area (Å²) >= 11 is 0. The molecule has 5 nitrogen and oxygen atoms in total. The van der Waals surface area contributed by atoms with E-state index in [9.17, 15) is 18.4 Å². The van der Waals surface area contributed by atoms with Crippen LogP contribution in [0.2, 0.25) is 0 Å². The second-order valence-corrected chi connectivity index (χ2v) is 4.44. The SMILES string of the molecule is O=C(c1c[nH]c2ccccc2c1=O)N(CCO)CC(F)F. The van der Waals surface area contributed by atoms with Gasteiger partial charge in [-0.25, -0.2) is 8.78 Å². The number of rotatable bonds is 5. The second-order valence-electron chi connectivity index (χ2n) is 4.44. The number of hydrogen-bond acceptors (Lipinski definition) is 3. The monoisotopic (exact) mass is 296 g/mol. The van der Waals surface area contributed by atoms with Gasteiger partial charge in [0.05, 0.1) is 13.2 Å². The number of benzene rings is 1. The molecule has 21 heavy (non-hydrogen) atoms. The standard InChI is InChI=1S/C14H14F2N2O3/c15-12(16)8-18(5-6-19)14(21)10-7-17-11-4-2-1-3-9(11)13(10)20/h1-4,7,12,19H,5-6,8H2,(H,17,20). The quantitative estimate of drug-likeness (QED) is 0.871. The van der Waals surface area contributed by atoms with Crippen LogP contribution in [0.25, 0.3) is 10.9 Å². The topological polar surface area (TPSA) is 73.4 Å². The molecule has 0 unspecified atom stereocenters. The molecule has 0 bridgehead atoms. The Kier molecular flexibility index (Phi) is 4.64. The summed E-state index contributed by atoms with van der Waals surface area (Å²) in [7, 11) is 0. The van der Waals surface area contributed by atoms with Gasteiger partial charge >= 0.3 is 0 Å². The molecule has 0 saturated heterocycles. The summed E-state index contributed by atoms with van der Waals surface area (Å²) in [4.78, 5) is 28.0. The molecule has 1 amide bonds. The molecule has 2 rings (SSSR count). The van der Waals surface area contributed by atoms with Crippen molar-refractivity contribution in [2.24, 2.45) is 0 Å². The van der Waals surface area contributed by atoms with Gasteiger partial charge in [-0.1, -0.05) is 12.1 Å². The number of aromatic amines is 1. The van der Waals surface area contributed by atoms with Crippen molar-refractivity contribution in [2.75, 3.05) is 19.7 Å². The molecule has 0 saturated carbocycles. The van der Waals surface area contributed by atoms with Gasteiger partial charge in [0.2, 0.25) is 5.43 Å². The molecule has 1 aromatic carbocycles. The second kappa shape index (κ2) is 6.45. The molecule has 2 aromatic rings. The van der Waals surface area contributed by atoms with Crippen LogP contribution in [0.4, 0.5) is 8.78 Å². The van der Waals surface area contributed by atoms with Crippen molar-refractivity contribution in [3.05, 3.63) is 46.2 Å². The van der Waals surface area contributed by atoms with E-state index in [1.54, 1.807) is 24.3 Å². The van der Waals surface area contributed by atoms with Crippen molar-refractivity contribution < 1.29 is 18.7 Å². The highest BCUT2D eigenvalue weighted by molar-refractivity contribution is 5.97. The Labute approximate surface area is 118 Å². The number of aliphatic hydroxyl groups is 1. The predicted octanol–water partition coefficient (Wildman–Crippen LogP) is 1.23. The summed E-state index contributed by atoms with van der Waals surface area (Å²) in [6, 6.07) is 6.61. The lowest BCUT2D eigenvalue weighted by molar-refractivity contribution is 0.0508. The molecule has 1 aromatic heterocycles. The van der Waals surface area contributed by atoms with Crippen LogP contribution in [0.1, 0.15) is 10.4 Å². The molecule has 112 valence electrons. The van der Waals surface area contributed by atoms with Gasteiger partial charge in [-0.05, 0) is 12.1 Å². The molecule has 0 aliphatic carbocycles. The number of alkyl halides is 2. The molecule has 7 heteroatoms. The van der Waals surface area contributed by atoms with Gasteiger partial charge in [0.25, 0.3) is 12.3 Å². The molecule has 2 N–H and O–H groups in total. The molecular weight excluding hydrogens is 282 g/mol. The van der Waals surface area contributed by atoms with E-state index in [0.717, 1.165) is 4.90 Å². The van der Waals surface area contributed by atoms with E-state index in [2.05, 4.69) is 4.98 Å². The van der Waals surface area contributed by atoms with E-state index in [4.69, 9.17) is 5.11 Å². The van der Waals surface area contributed by atoms with Crippen molar-refractivity contribution in [1.82, 2.24) is 9.88 Å². The third-order valence-electron chi connectivity index (χ3n) is 3.03. The Morgan fingerprint density at radius 2 is 2.05 bits per heavy atom. The predicted molar refractivity (Wildman–Crippen MR) is 73.6 cm³/mol. The van der Waals surface area contributed by atoms with Gasteiger partial charge in [-0.2, -0.15) is 0 Å². The smallest absolute Gasteiger partial charge is 0.259 e. The van der Waals surface area contributed by atoms with Crippen LogP contribution in [-0.4, -0.2) is 47.0 Å². The lowest BCUT2D eigenvalue weighted by Gasteiger charge is -2.21. The number of halogens is 2. The highest BCUT2D eigenvalue weighted by Gasteiger charge is 2.22. The Bertz CT molecular complexity index is 700. The number of aromatic nitrogens is 1. The van der Waals surface area contributed by atoms with Crippen molar-refractivity contribution in [1.29, 1.82) is 0 Å². The maximum atomic E-state index is 12.5. The normalized spacial score (nSPS) is 11.0. The van der Waals surface area contributed by atoms with Gasteiger partial charge in [0.1, 0.15) is 5.56 Å². The Morgan fingerprint density at radius 3 is 2.71 bits per heavy atom. The summed E-state index contributed by atoms with van der Waals surface area (Å²) in [6.07, 6.45) is -1.52. The molecule has 1 heterocycles. The Balaban J connectivity index is 2.42. The van der Waals surface area contributed by atoms with E-state index < -0.39 is 30.9 Å². The van der Waals surface area contributed by atoms with E-state index >= 15 is 0 Å². The number of hydrogen-bond donors (Lipinski definition) is 2. The molecule has 0 atom stereocenters. The number of nitrogens with one attached hydrogen (secondary N) is 1. The van der Waals surface area contributed by atoms with Crippen LogP contribution in [0.5, 0.6) is 0 Å². The first-order valence-corrected chi connectivity index (χ1v) is 6.33.